The van der Waals surface area contributed by atoms with Crippen LogP contribution in [0.1, 0.15) is 44.4 Å². The third kappa shape index (κ3) is 3.83. The van der Waals surface area contributed by atoms with E-state index in [1.54, 1.807) is 16.7 Å². The average Bonchev–Trinajstić information content (AvgIpc) is 3.48. The maximum absolute atomic E-state index is 13.8. The van der Waals surface area contributed by atoms with Gasteiger partial charge in [-0.05, 0) is 48.2 Å². The first kappa shape index (κ1) is 22.7. The molecule has 1 unspecified atom stereocenters. The molecule has 0 N–H and O–H groups in total. The highest BCUT2D eigenvalue weighted by Gasteiger charge is 2.45. The maximum atomic E-state index is 13.8. The van der Waals surface area contributed by atoms with Crippen LogP contribution in [0.15, 0.2) is 86.3 Å². The molecule has 178 valence electrons. The number of rotatable bonds is 5. The Morgan fingerprint density at radius 3 is 2.39 bits per heavy atom. The molecule has 1 aliphatic rings. The number of aromatic nitrogens is 2. The van der Waals surface area contributed by atoms with Crippen molar-refractivity contribution < 1.29 is 9.21 Å². The number of aryl methyl sites for hydroxylation is 2. The average molecular weight is 512 g/mol. The molecule has 0 aliphatic carbocycles. The van der Waals surface area contributed by atoms with Crippen LogP contribution in [0.25, 0.3) is 11.0 Å². The van der Waals surface area contributed by atoms with Gasteiger partial charge in [0.25, 0.3) is 5.91 Å². The van der Waals surface area contributed by atoms with Crippen molar-refractivity contribution in [3.8, 4) is 0 Å². The predicted molar refractivity (Wildman–Crippen MR) is 143 cm³/mol. The van der Waals surface area contributed by atoms with Crippen LogP contribution >= 0.6 is 23.1 Å². The highest BCUT2D eigenvalue weighted by Crippen LogP contribution is 2.43. The molecular formula is C28H21N3O3S2. The zero-order chi connectivity index (χ0) is 24.8. The minimum Gasteiger partial charge on any atom is -0.450 e. The summed E-state index contributed by atoms with van der Waals surface area (Å²) >= 11 is 2.90. The number of hydrogen-bond acceptors (Lipinski definition) is 7. The lowest BCUT2D eigenvalue weighted by Gasteiger charge is -2.21. The number of anilines is 1. The van der Waals surface area contributed by atoms with Crippen LogP contribution in [-0.2, 0) is 5.75 Å². The molecule has 36 heavy (non-hydrogen) atoms. The Morgan fingerprint density at radius 1 is 0.944 bits per heavy atom. The van der Waals surface area contributed by atoms with Crippen LogP contribution in [0.3, 0.4) is 0 Å². The fourth-order valence-electron chi connectivity index (χ4n) is 4.45. The number of amides is 1. The lowest BCUT2D eigenvalue weighted by atomic mass is 9.98. The lowest BCUT2D eigenvalue weighted by Crippen LogP contribution is -2.29. The molecule has 3 heterocycles. The fraction of sp³-hybridized carbons (Fsp3) is 0.143. The van der Waals surface area contributed by atoms with E-state index in [0.717, 1.165) is 26.8 Å². The second kappa shape index (κ2) is 9.04. The summed E-state index contributed by atoms with van der Waals surface area (Å²) in [7, 11) is 0. The van der Waals surface area contributed by atoms with Crippen molar-refractivity contribution in [2.24, 2.45) is 0 Å². The topological polar surface area (TPSA) is 76.3 Å². The van der Waals surface area contributed by atoms with Crippen LogP contribution in [0.5, 0.6) is 0 Å². The van der Waals surface area contributed by atoms with Gasteiger partial charge in [-0.2, -0.15) is 0 Å². The number of fused-ring (bicyclic) bond motifs is 2. The van der Waals surface area contributed by atoms with Gasteiger partial charge in [0, 0.05) is 5.75 Å². The molecule has 5 aromatic rings. The van der Waals surface area contributed by atoms with E-state index in [2.05, 4.69) is 22.3 Å². The van der Waals surface area contributed by atoms with Crippen molar-refractivity contribution in [1.82, 2.24) is 10.2 Å². The van der Waals surface area contributed by atoms with E-state index in [4.69, 9.17) is 4.42 Å². The van der Waals surface area contributed by atoms with E-state index in [9.17, 15) is 9.59 Å². The van der Waals surface area contributed by atoms with Crippen LogP contribution in [-0.4, -0.2) is 16.1 Å². The number of benzene rings is 3. The van der Waals surface area contributed by atoms with E-state index < -0.39 is 6.04 Å². The van der Waals surface area contributed by atoms with E-state index >= 15 is 0 Å². The molecular weight excluding hydrogens is 490 g/mol. The summed E-state index contributed by atoms with van der Waals surface area (Å²) in [5, 5.41) is 9.60. The Hall–Kier alpha value is -3.75. The molecule has 0 spiro atoms. The summed E-state index contributed by atoms with van der Waals surface area (Å²) in [6, 6.07) is 22.7. The van der Waals surface area contributed by atoms with Gasteiger partial charge in [-0.15, -0.1) is 10.2 Å². The number of hydrogen-bond donors (Lipinski definition) is 0. The van der Waals surface area contributed by atoms with Gasteiger partial charge >= 0.3 is 0 Å². The Balaban J connectivity index is 1.45. The molecule has 3 aromatic carbocycles. The Labute approximate surface area is 215 Å². The monoisotopic (exact) mass is 511 g/mol. The quantitative estimate of drug-likeness (QED) is 0.203. The molecule has 0 saturated heterocycles. The van der Waals surface area contributed by atoms with Crippen molar-refractivity contribution >= 4 is 45.1 Å². The van der Waals surface area contributed by atoms with E-state index in [-0.39, 0.29) is 17.1 Å². The molecule has 0 saturated carbocycles. The summed E-state index contributed by atoms with van der Waals surface area (Å²) < 4.78 is 6.86. The Bertz CT molecular complexity index is 1660. The molecule has 0 bridgehead atoms. The highest BCUT2D eigenvalue weighted by molar-refractivity contribution is 8.00. The summed E-state index contributed by atoms with van der Waals surface area (Å²) in [4.78, 5) is 29.1. The SMILES string of the molecule is Cc1cc2oc3c(c(=O)c2cc1C)C(c1ccccc1)N(c1nnc(SCc2ccccc2)s1)C3=O. The molecule has 1 amide bonds. The first-order valence-corrected chi connectivity index (χ1v) is 13.3. The van der Waals surface area contributed by atoms with Gasteiger partial charge in [-0.25, -0.2) is 0 Å². The van der Waals surface area contributed by atoms with E-state index in [1.807, 2.05) is 74.5 Å². The van der Waals surface area contributed by atoms with Crippen molar-refractivity contribution in [3.05, 3.63) is 117 Å². The van der Waals surface area contributed by atoms with Crippen molar-refractivity contribution in [2.75, 3.05) is 4.90 Å². The molecule has 6 rings (SSSR count). The second-order valence-electron chi connectivity index (χ2n) is 8.72. The van der Waals surface area contributed by atoms with Gasteiger partial charge in [0.15, 0.2) is 9.77 Å². The zero-order valence-corrected chi connectivity index (χ0v) is 21.2. The molecule has 0 fully saturated rings. The van der Waals surface area contributed by atoms with Gasteiger partial charge in [-0.3, -0.25) is 14.5 Å². The van der Waals surface area contributed by atoms with E-state index in [0.29, 0.717) is 21.7 Å². The summed E-state index contributed by atoms with van der Waals surface area (Å²) in [6.07, 6.45) is 0. The van der Waals surface area contributed by atoms with Crippen LogP contribution < -0.4 is 10.3 Å². The number of carbonyl (C=O) groups excluding carboxylic acids is 1. The van der Waals surface area contributed by atoms with Crippen LogP contribution in [0, 0.1) is 13.8 Å². The first-order chi connectivity index (χ1) is 17.5. The maximum Gasteiger partial charge on any atom is 0.297 e. The number of carbonyl (C=O) groups is 1. The molecule has 6 nitrogen and oxygen atoms in total. The van der Waals surface area contributed by atoms with Crippen LogP contribution in [0.4, 0.5) is 5.13 Å². The van der Waals surface area contributed by atoms with Crippen molar-refractivity contribution in [2.45, 2.75) is 30.0 Å². The van der Waals surface area contributed by atoms with Crippen molar-refractivity contribution in [1.29, 1.82) is 0 Å². The molecule has 0 radical (unpaired) electrons. The second-order valence-corrected chi connectivity index (χ2v) is 10.9. The third-order valence-electron chi connectivity index (χ3n) is 6.41. The minimum atomic E-state index is -0.643. The van der Waals surface area contributed by atoms with Crippen LogP contribution in [0.2, 0.25) is 0 Å². The van der Waals surface area contributed by atoms with Gasteiger partial charge in [0.05, 0.1) is 17.0 Å². The standard InChI is InChI=1S/C28H21N3O3S2/c1-16-13-20-21(14-17(16)2)34-25-22(24(20)32)23(19-11-7-4-8-12-19)31(26(25)33)27-29-30-28(36-27)35-15-18-9-5-3-6-10-18/h3-14,23H,15H2,1-2H3. The number of nitrogens with zero attached hydrogens (tertiary/aromatic N) is 3. The lowest BCUT2D eigenvalue weighted by molar-refractivity contribution is 0.0970. The smallest absolute Gasteiger partial charge is 0.297 e. The van der Waals surface area contributed by atoms with Gasteiger partial charge in [0.1, 0.15) is 5.58 Å². The summed E-state index contributed by atoms with van der Waals surface area (Å²) in [5.41, 5.74) is 4.55. The summed E-state index contributed by atoms with van der Waals surface area (Å²) in [6.45, 7) is 3.92. The first-order valence-electron chi connectivity index (χ1n) is 11.5. The zero-order valence-electron chi connectivity index (χ0n) is 19.6. The normalized spacial score (nSPS) is 15.0. The number of thioether (sulfide) groups is 1. The van der Waals surface area contributed by atoms with Gasteiger partial charge < -0.3 is 4.42 Å². The van der Waals surface area contributed by atoms with Gasteiger partial charge in [0.2, 0.25) is 10.9 Å². The molecule has 1 aliphatic heterocycles. The fourth-order valence-corrected chi connectivity index (χ4v) is 6.28. The molecule has 2 aromatic heterocycles. The Kier molecular flexibility index (Phi) is 5.70. The minimum absolute atomic E-state index is 0.0679. The molecule has 8 heteroatoms. The largest absolute Gasteiger partial charge is 0.450 e. The van der Waals surface area contributed by atoms with Crippen molar-refractivity contribution in [3.63, 3.8) is 0 Å². The predicted octanol–water partition coefficient (Wildman–Crippen LogP) is 6.30. The third-order valence-corrected chi connectivity index (χ3v) is 8.54. The molecule has 1 atom stereocenters. The highest BCUT2D eigenvalue weighted by atomic mass is 32.2. The Morgan fingerprint density at radius 2 is 1.64 bits per heavy atom. The summed E-state index contributed by atoms with van der Waals surface area (Å²) in [5.74, 6) is 0.431. The van der Waals surface area contributed by atoms with Gasteiger partial charge in [-0.1, -0.05) is 83.8 Å². The van der Waals surface area contributed by atoms with E-state index in [1.165, 1.54) is 16.9 Å².